The zero-order valence-corrected chi connectivity index (χ0v) is 19.8. The number of hydrogen-bond acceptors (Lipinski definition) is 4. The molecule has 0 amide bonds. The van der Waals surface area contributed by atoms with Gasteiger partial charge in [-0.05, 0) is 36.3 Å². The summed E-state index contributed by atoms with van der Waals surface area (Å²) in [5.74, 6) is 1.05. The first kappa shape index (κ1) is 24.6. The van der Waals surface area contributed by atoms with Gasteiger partial charge in [0.25, 0.3) is 0 Å². The van der Waals surface area contributed by atoms with Crippen LogP contribution in [0.3, 0.4) is 0 Å². The highest BCUT2D eigenvalue weighted by molar-refractivity contribution is 7.99. The zero-order chi connectivity index (χ0) is 23.1. The fourth-order valence-electron chi connectivity index (χ4n) is 3.50. The molecular formula is C27H32N3O2S+. The molecular weight excluding hydrogens is 430 g/mol. The monoisotopic (exact) mass is 462 g/mol. The first-order valence-electron chi connectivity index (χ1n) is 11.7. The van der Waals surface area contributed by atoms with Crippen molar-refractivity contribution in [1.82, 2.24) is 9.97 Å². The minimum absolute atomic E-state index is 0.0242. The Labute approximate surface area is 200 Å². The number of carbonyl (C=O) groups is 1. The molecule has 3 rings (SSSR count). The van der Waals surface area contributed by atoms with E-state index in [1.54, 1.807) is 24.0 Å². The number of rotatable bonds is 14. The highest BCUT2D eigenvalue weighted by atomic mass is 32.2. The van der Waals surface area contributed by atoms with Crippen LogP contribution in [0.2, 0.25) is 0 Å². The summed E-state index contributed by atoms with van der Waals surface area (Å²) in [5.41, 5.74) is 1.46. The number of pyridine rings is 1. The summed E-state index contributed by atoms with van der Waals surface area (Å²) in [6, 6.07) is 15.3. The number of aryl methyl sites for hydroxylation is 1. The number of thioether (sulfide) groups is 1. The van der Waals surface area contributed by atoms with Gasteiger partial charge in [0.15, 0.2) is 18.2 Å². The minimum Gasteiger partial charge on any atom is -0.300 e. The molecule has 0 saturated carbocycles. The molecule has 0 saturated heterocycles. The van der Waals surface area contributed by atoms with Gasteiger partial charge in [-0.15, -0.1) is 11.8 Å². The maximum atomic E-state index is 12.1. The van der Waals surface area contributed by atoms with E-state index >= 15 is 0 Å². The summed E-state index contributed by atoms with van der Waals surface area (Å²) in [5, 5.41) is 0.900. The molecule has 2 aromatic heterocycles. The van der Waals surface area contributed by atoms with Gasteiger partial charge in [-0.1, -0.05) is 62.1 Å². The summed E-state index contributed by atoms with van der Waals surface area (Å²) < 4.78 is 2.21. The predicted octanol–water partition coefficient (Wildman–Crippen LogP) is 5.48. The molecule has 0 aliphatic rings. The van der Waals surface area contributed by atoms with E-state index in [9.17, 15) is 9.59 Å². The van der Waals surface area contributed by atoms with Crippen molar-refractivity contribution < 1.29 is 9.36 Å². The Morgan fingerprint density at radius 2 is 1.61 bits per heavy atom. The van der Waals surface area contributed by atoms with Gasteiger partial charge < -0.3 is 4.98 Å². The Balaban J connectivity index is 1.22. The number of H-pyrrole nitrogens is 1. The molecule has 6 heteroatoms. The van der Waals surface area contributed by atoms with E-state index < -0.39 is 0 Å². The van der Waals surface area contributed by atoms with E-state index in [1.165, 1.54) is 44.9 Å². The second-order valence-electron chi connectivity index (χ2n) is 8.00. The van der Waals surface area contributed by atoms with Crippen LogP contribution in [0.25, 0.3) is 6.08 Å². The Kier molecular flexibility index (Phi) is 10.6. The highest BCUT2D eigenvalue weighted by Gasteiger charge is 2.02. The third-order valence-electron chi connectivity index (χ3n) is 5.37. The van der Waals surface area contributed by atoms with Crippen molar-refractivity contribution in [2.45, 2.75) is 56.5 Å². The van der Waals surface area contributed by atoms with E-state index in [1.807, 2.05) is 54.6 Å². The number of ketones is 1. The lowest BCUT2D eigenvalue weighted by atomic mass is 10.1. The van der Waals surface area contributed by atoms with Crippen LogP contribution in [0.15, 0.2) is 83.0 Å². The fourth-order valence-corrected chi connectivity index (χ4v) is 4.38. The number of benzene rings is 1. The smallest absolute Gasteiger partial charge is 0.300 e. The minimum atomic E-state index is -0.277. The van der Waals surface area contributed by atoms with E-state index in [0.717, 1.165) is 22.9 Å². The molecule has 3 aromatic rings. The van der Waals surface area contributed by atoms with Gasteiger partial charge in [-0.2, -0.15) is 0 Å². The summed E-state index contributed by atoms with van der Waals surface area (Å²) in [6.07, 6.45) is 17.9. The maximum Gasteiger partial charge on any atom is 0.345 e. The van der Waals surface area contributed by atoms with Crippen LogP contribution in [0.5, 0.6) is 0 Å². The summed E-state index contributed by atoms with van der Waals surface area (Å²) >= 11 is 1.69. The Bertz CT molecular complexity index is 1060. The number of hydrogen-bond donors (Lipinski definition) is 1. The largest absolute Gasteiger partial charge is 0.345 e. The van der Waals surface area contributed by atoms with Gasteiger partial charge >= 0.3 is 5.69 Å². The average molecular weight is 463 g/mol. The number of allylic oxidation sites excluding steroid dienone is 1. The normalized spacial score (nSPS) is 11.2. The molecule has 0 fully saturated rings. The number of unbranched alkanes of at least 4 members (excludes halogenated alkanes) is 6. The van der Waals surface area contributed by atoms with Gasteiger partial charge in [0.05, 0.1) is 5.03 Å². The van der Waals surface area contributed by atoms with E-state index in [2.05, 4.69) is 26.9 Å². The van der Waals surface area contributed by atoms with Crippen LogP contribution in [0.1, 0.15) is 60.9 Å². The van der Waals surface area contributed by atoms with Gasteiger partial charge in [-0.3, -0.25) is 4.79 Å². The van der Waals surface area contributed by atoms with Crippen LogP contribution in [0, 0.1) is 0 Å². The fraction of sp³-hybridized carbons (Fsp3) is 0.333. The summed E-state index contributed by atoms with van der Waals surface area (Å²) in [6.45, 7) is 1.02. The topological polar surface area (TPSA) is 66.7 Å². The Morgan fingerprint density at radius 1 is 0.909 bits per heavy atom. The van der Waals surface area contributed by atoms with E-state index in [-0.39, 0.29) is 11.5 Å². The molecule has 0 bridgehead atoms. The molecule has 0 aliphatic heterocycles. The molecule has 0 atom stereocenters. The molecule has 5 nitrogen and oxygen atoms in total. The Hall–Kier alpha value is -2.99. The maximum absolute atomic E-state index is 12.1. The molecule has 0 spiro atoms. The average Bonchev–Trinajstić information content (AvgIpc) is 2.85. The number of carbonyl (C=O) groups excluding carboxylic acids is 1. The SMILES string of the molecule is O=C(/C=C/c1cc[n+](CCCCCCCCCSc2ccnc(=O)[nH]2)cc1)c1ccccc1. The molecule has 1 aromatic carbocycles. The summed E-state index contributed by atoms with van der Waals surface area (Å²) in [4.78, 5) is 29.7. The van der Waals surface area contributed by atoms with Crippen LogP contribution < -0.4 is 10.3 Å². The highest BCUT2D eigenvalue weighted by Crippen LogP contribution is 2.16. The number of nitrogens with zero attached hydrogens (tertiary/aromatic N) is 2. The van der Waals surface area contributed by atoms with Crippen molar-refractivity contribution in [3.05, 3.63) is 94.8 Å². The van der Waals surface area contributed by atoms with Gasteiger partial charge in [0.1, 0.15) is 6.54 Å². The Morgan fingerprint density at radius 3 is 2.33 bits per heavy atom. The van der Waals surface area contributed by atoms with Gasteiger partial charge in [0.2, 0.25) is 0 Å². The third-order valence-corrected chi connectivity index (χ3v) is 6.41. The summed E-state index contributed by atoms with van der Waals surface area (Å²) in [7, 11) is 0. The molecule has 0 unspecified atom stereocenters. The number of aromatic amines is 1. The van der Waals surface area contributed by atoms with Crippen molar-refractivity contribution in [3.63, 3.8) is 0 Å². The quantitative estimate of drug-likeness (QED) is 0.0861. The predicted molar refractivity (Wildman–Crippen MR) is 134 cm³/mol. The van der Waals surface area contributed by atoms with Gasteiger partial charge in [-0.25, -0.2) is 14.3 Å². The van der Waals surface area contributed by atoms with Crippen LogP contribution in [-0.4, -0.2) is 21.5 Å². The van der Waals surface area contributed by atoms with Crippen LogP contribution in [-0.2, 0) is 6.54 Å². The lowest BCUT2D eigenvalue weighted by Gasteiger charge is -2.02. The number of nitrogens with one attached hydrogen (secondary N) is 1. The molecule has 1 N–H and O–H groups in total. The molecule has 0 radical (unpaired) electrons. The van der Waals surface area contributed by atoms with Crippen molar-refractivity contribution >= 4 is 23.6 Å². The van der Waals surface area contributed by atoms with Crippen LogP contribution >= 0.6 is 11.8 Å². The first-order chi connectivity index (χ1) is 16.2. The van der Waals surface area contributed by atoms with E-state index in [4.69, 9.17) is 0 Å². The second kappa shape index (κ2) is 14.2. The zero-order valence-electron chi connectivity index (χ0n) is 19.0. The molecule has 0 aliphatic carbocycles. The van der Waals surface area contributed by atoms with Crippen molar-refractivity contribution in [1.29, 1.82) is 0 Å². The number of aromatic nitrogens is 3. The van der Waals surface area contributed by atoms with Crippen molar-refractivity contribution in [2.24, 2.45) is 0 Å². The standard InChI is InChI=1S/C27H31N3O2S/c31-25(24-11-7-6-8-12-24)14-13-23-16-20-30(21-17-23)19-9-4-2-1-3-5-10-22-33-26-15-18-28-27(32)29-26/h6-8,11-18,20-21H,1-5,9-10,19,22H2/p+1/b14-13+. The van der Waals surface area contributed by atoms with E-state index in [0.29, 0.717) is 5.56 Å². The van der Waals surface area contributed by atoms with Crippen molar-refractivity contribution in [2.75, 3.05) is 5.75 Å². The van der Waals surface area contributed by atoms with Crippen molar-refractivity contribution in [3.8, 4) is 0 Å². The third kappa shape index (κ3) is 9.58. The molecule has 33 heavy (non-hydrogen) atoms. The first-order valence-corrected chi connectivity index (χ1v) is 12.6. The van der Waals surface area contributed by atoms with Crippen LogP contribution in [0.4, 0.5) is 0 Å². The van der Waals surface area contributed by atoms with Gasteiger partial charge in [0, 0.05) is 30.3 Å². The second-order valence-corrected chi connectivity index (χ2v) is 9.13. The lowest BCUT2D eigenvalue weighted by Crippen LogP contribution is -2.32. The molecule has 172 valence electrons. The molecule has 2 heterocycles. The lowest BCUT2D eigenvalue weighted by molar-refractivity contribution is -0.697.